The van der Waals surface area contributed by atoms with Crippen molar-refractivity contribution in [2.75, 3.05) is 5.73 Å². The molecule has 0 saturated heterocycles. The Kier molecular flexibility index (Phi) is 2.89. The predicted octanol–water partition coefficient (Wildman–Crippen LogP) is 3.05. The van der Waals surface area contributed by atoms with Gasteiger partial charge < -0.3 is 10.5 Å². The van der Waals surface area contributed by atoms with Gasteiger partial charge in [0, 0.05) is 11.6 Å². The molecule has 0 saturated carbocycles. The van der Waals surface area contributed by atoms with Gasteiger partial charge in [0.25, 0.3) is 0 Å². The summed E-state index contributed by atoms with van der Waals surface area (Å²) in [4.78, 5) is 12.0. The maximum Gasteiger partial charge on any atom is 0.243 e. The summed E-state index contributed by atoms with van der Waals surface area (Å²) in [5.41, 5.74) is 6.35. The first-order chi connectivity index (χ1) is 9.24. The van der Waals surface area contributed by atoms with E-state index < -0.39 is 0 Å². The zero-order valence-corrected chi connectivity index (χ0v) is 10.5. The number of nitrogens with zero attached hydrogens (tertiary/aromatic N) is 3. The van der Waals surface area contributed by atoms with Crippen LogP contribution in [0.4, 0.5) is 5.95 Å². The molecule has 0 atom stereocenters. The van der Waals surface area contributed by atoms with Crippen molar-refractivity contribution in [3.63, 3.8) is 0 Å². The third kappa shape index (κ3) is 2.28. The molecule has 0 aliphatic carbocycles. The van der Waals surface area contributed by atoms with Crippen LogP contribution in [0.3, 0.4) is 0 Å². The van der Waals surface area contributed by atoms with Crippen LogP contribution >= 0.6 is 11.6 Å². The molecule has 5 nitrogen and oxygen atoms in total. The molecule has 0 amide bonds. The lowest BCUT2D eigenvalue weighted by molar-refractivity contribution is 0.468. The van der Waals surface area contributed by atoms with Crippen molar-refractivity contribution in [2.24, 2.45) is 0 Å². The van der Waals surface area contributed by atoms with Crippen molar-refractivity contribution in [2.45, 2.75) is 0 Å². The second-order valence-electron chi connectivity index (χ2n) is 3.81. The number of hydrogen-bond acceptors (Lipinski definition) is 5. The minimum atomic E-state index is 0.109. The van der Waals surface area contributed by atoms with Crippen molar-refractivity contribution in [3.8, 4) is 11.6 Å². The molecule has 0 bridgehead atoms. The number of fused-ring (bicyclic) bond motifs is 1. The summed E-state index contributed by atoms with van der Waals surface area (Å²) in [6, 6.07) is 9.32. The number of halogens is 1. The van der Waals surface area contributed by atoms with Gasteiger partial charge in [-0.05, 0) is 24.3 Å². The summed E-state index contributed by atoms with van der Waals surface area (Å²) in [5.74, 6) is 0.953. The number of aromatic nitrogens is 3. The van der Waals surface area contributed by atoms with E-state index in [1.807, 2.05) is 30.3 Å². The molecule has 94 valence electrons. The summed E-state index contributed by atoms with van der Waals surface area (Å²) >= 11 is 5.98. The lowest BCUT2D eigenvalue weighted by Crippen LogP contribution is -1.97. The van der Waals surface area contributed by atoms with Crippen LogP contribution in [0.1, 0.15) is 0 Å². The van der Waals surface area contributed by atoms with Crippen LogP contribution < -0.4 is 10.5 Å². The summed E-state index contributed by atoms with van der Waals surface area (Å²) < 4.78 is 5.70. The first kappa shape index (κ1) is 11.7. The molecular formula is C13H9ClN4O. The maximum absolute atomic E-state index is 5.98. The largest absolute Gasteiger partial charge is 0.437 e. The number of hydrogen-bond donors (Lipinski definition) is 1. The van der Waals surface area contributed by atoms with E-state index in [9.17, 15) is 0 Å². The zero-order chi connectivity index (χ0) is 13.2. The van der Waals surface area contributed by atoms with Crippen LogP contribution in [0.2, 0.25) is 5.02 Å². The van der Waals surface area contributed by atoms with E-state index in [-0.39, 0.29) is 11.8 Å². The molecule has 0 spiro atoms. The van der Waals surface area contributed by atoms with Gasteiger partial charge in [0.05, 0.1) is 11.7 Å². The van der Waals surface area contributed by atoms with Gasteiger partial charge in [0.1, 0.15) is 10.8 Å². The zero-order valence-electron chi connectivity index (χ0n) is 9.75. The fourth-order valence-electron chi connectivity index (χ4n) is 1.70. The van der Waals surface area contributed by atoms with E-state index in [1.54, 1.807) is 6.20 Å². The highest BCUT2D eigenvalue weighted by molar-refractivity contribution is 6.31. The number of anilines is 1. The highest BCUT2D eigenvalue weighted by Gasteiger charge is 2.09. The molecule has 0 fully saturated rings. The fraction of sp³-hybridized carbons (Fsp3) is 0. The molecule has 0 unspecified atom stereocenters. The van der Waals surface area contributed by atoms with Gasteiger partial charge in [-0.2, -0.15) is 4.98 Å². The molecule has 0 aliphatic rings. The van der Waals surface area contributed by atoms with Crippen molar-refractivity contribution in [1.29, 1.82) is 0 Å². The highest BCUT2D eigenvalue weighted by atomic mass is 35.5. The van der Waals surface area contributed by atoms with Crippen LogP contribution in [-0.4, -0.2) is 15.0 Å². The van der Waals surface area contributed by atoms with Crippen molar-refractivity contribution < 1.29 is 4.74 Å². The lowest BCUT2D eigenvalue weighted by atomic mass is 10.2. The molecule has 2 heterocycles. The van der Waals surface area contributed by atoms with Crippen LogP contribution in [0.5, 0.6) is 11.6 Å². The van der Waals surface area contributed by atoms with Gasteiger partial charge >= 0.3 is 0 Å². The Morgan fingerprint density at radius 2 is 2.00 bits per heavy atom. The van der Waals surface area contributed by atoms with Crippen molar-refractivity contribution in [1.82, 2.24) is 15.0 Å². The molecular weight excluding hydrogens is 264 g/mol. The molecule has 0 aliphatic heterocycles. The van der Waals surface area contributed by atoms with Gasteiger partial charge in [-0.1, -0.05) is 17.7 Å². The van der Waals surface area contributed by atoms with Crippen molar-refractivity contribution >= 4 is 28.5 Å². The average Bonchev–Trinajstić information content (AvgIpc) is 2.43. The maximum atomic E-state index is 5.98. The van der Waals surface area contributed by atoms with E-state index >= 15 is 0 Å². The Morgan fingerprint density at radius 3 is 2.89 bits per heavy atom. The Bertz CT molecular complexity index is 742. The number of rotatable bonds is 2. The van der Waals surface area contributed by atoms with E-state index in [1.165, 1.54) is 6.20 Å². The normalized spacial score (nSPS) is 10.6. The minimum absolute atomic E-state index is 0.109. The third-order valence-electron chi connectivity index (χ3n) is 2.54. The van der Waals surface area contributed by atoms with Gasteiger partial charge in [0.2, 0.25) is 11.8 Å². The van der Waals surface area contributed by atoms with Gasteiger partial charge in [-0.3, -0.25) is 4.98 Å². The van der Waals surface area contributed by atoms with E-state index in [2.05, 4.69) is 15.0 Å². The van der Waals surface area contributed by atoms with E-state index in [4.69, 9.17) is 22.1 Å². The van der Waals surface area contributed by atoms with Crippen LogP contribution in [0.15, 0.2) is 42.7 Å². The number of pyridine rings is 1. The summed E-state index contributed by atoms with van der Waals surface area (Å²) in [5, 5.41) is 1.17. The Labute approximate surface area is 114 Å². The Hall–Kier alpha value is -2.40. The highest BCUT2D eigenvalue weighted by Crippen LogP contribution is 2.31. The van der Waals surface area contributed by atoms with Crippen LogP contribution in [-0.2, 0) is 0 Å². The molecule has 2 N–H and O–H groups in total. The Morgan fingerprint density at radius 1 is 1.11 bits per heavy atom. The third-order valence-corrected chi connectivity index (χ3v) is 2.80. The molecule has 3 aromatic rings. The monoisotopic (exact) mass is 272 g/mol. The number of benzene rings is 1. The van der Waals surface area contributed by atoms with Crippen LogP contribution in [0, 0.1) is 0 Å². The smallest absolute Gasteiger partial charge is 0.243 e. The molecule has 1 aromatic carbocycles. The van der Waals surface area contributed by atoms with Gasteiger partial charge in [0.15, 0.2) is 0 Å². The Balaban J connectivity index is 2.08. The molecule has 0 radical (unpaired) electrons. The van der Waals surface area contributed by atoms with E-state index in [0.29, 0.717) is 10.8 Å². The first-order valence-corrected chi connectivity index (χ1v) is 5.91. The lowest BCUT2D eigenvalue weighted by Gasteiger charge is -2.08. The number of nitrogens with two attached hydrogens (primary N) is 1. The summed E-state index contributed by atoms with van der Waals surface area (Å²) in [6.07, 6.45) is 3.13. The van der Waals surface area contributed by atoms with Crippen LogP contribution in [0.25, 0.3) is 10.9 Å². The average molecular weight is 273 g/mol. The minimum Gasteiger partial charge on any atom is -0.437 e. The topological polar surface area (TPSA) is 73.9 Å². The van der Waals surface area contributed by atoms with Crippen molar-refractivity contribution in [3.05, 3.63) is 47.7 Å². The fourth-order valence-corrected chi connectivity index (χ4v) is 1.83. The molecule has 3 rings (SSSR count). The number of nitrogen functional groups attached to an aromatic ring is 1. The van der Waals surface area contributed by atoms with E-state index in [0.717, 1.165) is 10.9 Å². The molecule has 2 aromatic heterocycles. The predicted molar refractivity (Wildman–Crippen MR) is 73.3 cm³/mol. The summed E-state index contributed by atoms with van der Waals surface area (Å²) in [6.45, 7) is 0. The SMILES string of the molecule is Nc1ncc(Cl)c(Oc2cccc3ncccc23)n1. The van der Waals surface area contributed by atoms with Gasteiger partial charge in [-0.15, -0.1) is 0 Å². The second kappa shape index (κ2) is 4.70. The number of ether oxygens (including phenoxy) is 1. The summed E-state index contributed by atoms with van der Waals surface area (Å²) in [7, 11) is 0. The molecule has 19 heavy (non-hydrogen) atoms. The quantitative estimate of drug-likeness (QED) is 0.776. The second-order valence-corrected chi connectivity index (χ2v) is 4.22. The molecule has 6 heteroatoms. The standard InChI is InChI=1S/C13H9ClN4O/c14-9-7-17-13(15)18-12(9)19-11-5-1-4-10-8(11)3-2-6-16-10/h1-7H,(H2,15,17,18). The first-order valence-electron chi connectivity index (χ1n) is 5.53. The van der Waals surface area contributed by atoms with Gasteiger partial charge in [-0.25, -0.2) is 4.98 Å².